The van der Waals surface area contributed by atoms with E-state index in [4.69, 9.17) is 4.74 Å². The van der Waals surface area contributed by atoms with Crippen LogP contribution in [0.15, 0.2) is 40.9 Å². The Morgan fingerprint density at radius 2 is 1.67 bits per heavy atom. The molecule has 2 aromatic carbocycles. The lowest BCUT2D eigenvalue weighted by Gasteiger charge is -2.23. The molecule has 2 aromatic rings. The maximum atomic E-state index is 6.16. The van der Waals surface area contributed by atoms with Crippen LogP contribution in [0.2, 0.25) is 0 Å². The van der Waals surface area contributed by atoms with Gasteiger partial charge in [-0.3, -0.25) is 0 Å². The van der Waals surface area contributed by atoms with E-state index >= 15 is 0 Å². The summed E-state index contributed by atoms with van der Waals surface area (Å²) >= 11 is 7.06. The molecular weight excluding hydrogens is 392 g/mol. The topological polar surface area (TPSA) is 9.23 Å². The van der Waals surface area contributed by atoms with E-state index in [1.807, 2.05) is 6.07 Å². The predicted octanol–water partition coefficient (Wildman–Crippen LogP) is 6.74. The molecule has 0 saturated heterocycles. The second-order valence-electron chi connectivity index (χ2n) is 6.25. The molecule has 21 heavy (non-hydrogen) atoms. The minimum absolute atomic E-state index is 0.0453. The minimum atomic E-state index is 0.0453. The van der Waals surface area contributed by atoms with Crippen molar-refractivity contribution in [3.8, 4) is 11.5 Å². The van der Waals surface area contributed by atoms with Crippen LogP contribution in [0.4, 0.5) is 0 Å². The molecule has 3 heteroatoms. The van der Waals surface area contributed by atoms with Crippen LogP contribution in [0.25, 0.3) is 0 Å². The van der Waals surface area contributed by atoms with Crippen molar-refractivity contribution in [2.45, 2.75) is 38.4 Å². The van der Waals surface area contributed by atoms with Gasteiger partial charge in [0.1, 0.15) is 11.5 Å². The lowest BCUT2D eigenvalue weighted by molar-refractivity contribution is 0.452. The Hall–Kier alpha value is -0.800. The molecule has 0 spiro atoms. The lowest BCUT2D eigenvalue weighted by atomic mass is 9.85. The first-order valence-corrected chi connectivity index (χ1v) is 8.86. The van der Waals surface area contributed by atoms with Crippen LogP contribution in [0, 0.1) is 6.92 Å². The maximum Gasteiger partial charge on any atom is 0.141 e. The fourth-order valence-corrected chi connectivity index (χ4v) is 3.00. The maximum absolute atomic E-state index is 6.16. The fourth-order valence-electron chi connectivity index (χ4n) is 2.15. The molecule has 0 atom stereocenters. The Balaban J connectivity index is 2.40. The van der Waals surface area contributed by atoms with E-state index in [9.17, 15) is 0 Å². The Morgan fingerprint density at radius 1 is 1.00 bits per heavy atom. The van der Waals surface area contributed by atoms with Crippen molar-refractivity contribution in [1.29, 1.82) is 0 Å². The number of hydrogen-bond donors (Lipinski definition) is 0. The predicted molar refractivity (Wildman–Crippen MR) is 96.7 cm³/mol. The van der Waals surface area contributed by atoms with Crippen molar-refractivity contribution in [1.82, 2.24) is 0 Å². The molecule has 0 N–H and O–H groups in total. The molecule has 0 radical (unpaired) electrons. The first-order chi connectivity index (χ1) is 9.81. The summed E-state index contributed by atoms with van der Waals surface area (Å²) in [5.41, 5.74) is 3.73. The van der Waals surface area contributed by atoms with Gasteiger partial charge in [0.15, 0.2) is 0 Å². The third-order valence-corrected chi connectivity index (χ3v) is 4.58. The largest absolute Gasteiger partial charge is 0.456 e. The molecule has 112 valence electrons. The molecule has 0 aliphatic carbocycles. The van der Waals surface area contributed by atoms with E-state index < -0.39 is 0 Å². The Morgan fingerprint density at radius 3 is 2.24 bits per heavy atom. The molecule has 2 rings (SSSR count). The number of ether oxygens (including phenoxy) is 1. The van der Waals surface area contributed by atoms with Gasteiger partial charge in [0.05, 0.1) is 4.47 Å². The Labute approximate surface area is 144 Å². The summed E-state index contributed by atoms with van der Waals surface area (Å²) < 4.78 is 7.13. The van der Waals surface area contributed by atoms with Crippen molar-refractivity contribution >= 4 is 31.9 Å². The zero-order chi connectivity index (χ0) is 15.6. The first-order valence-electron chi connectivity index (χ1n) is 6.94. The third-order valence-electron chi connectivity index (χ3n) is 3.31. The number of benzene rings is 2. The van der Waals surface area contributed by atoms with Crippen molar-refractivity contribution < 1.29 is 4.74 Å². The number of aryl methyl sites for hydroxylation is 1. The van der Waals surface area contributed by atoms with E-state index in [-0.39, 0.29) is 5.41 Å². The van der Waals surface area contributed by atoms with Crippen molar-refractivity contribution in [3.63, 3.8) is 0 Å². The standard InChI is InChI=1S/C18H20Br2O/c1-12-5-7-16(14(9-12)18(2,3)4)21-17-8-6-13(11-19)10-15(17)20/h5-10H,11H2,1-4H3. The van der Waals surface area contributed by atoms with Crippen LogP contribution in [0.3, 0.4) is 0 Å². The summed E-state index contributed by atoms with van der Waals surface area (Å²) in [6.07, 6.45) is 0. The number of alkyl halides is 1. The van der Waals surface area contributed by atoms with Gasteiger partial charge in [-0.2, -0.15) is 0 Å². The molecule has 1 nitrogen and oxygen atoms in total. The third kappa shape index (κ3) is 4.10. The van der Waals surface area contributed by atoms with Crippen LogP contribution >= 0.6 is 31.9 Å². The minimum Gasteiger partial charge on any atom is -0.456 e. The van der Waals surface area contributed by atoms with E-state index in [2.05, 4.69) is 89.9 Å². The SMILES string of the molecule is Cc1ccc(Oc2ccc(CBr)cc2Br)c(C(C)(C)C)c1. The van der Waals surface area contributed by atoms with Gasteiger partial charge >= 0.3 is 0 Å². The average Bonchev–Trinajstić information content (AvgIpc) is 2.41. The Kier molecular flexibility index (Phi) is 5.15. The Bertz CT molecular complexity index is 642. The van der Waals surface area contributed by atoms with E-state index in [0.29, 0.717) is 0 Å². The average molecular weight is 412 g/mol. The molecule has 0 aromatic heterocycles. The van der Waals surface area contributed by atoms with Crippen molar-refractivity contribution in [2.24, 2.45) is 0 Å². The highest BCUT2D eigenvalue weighted by atomic mass is 79.9. The molecule has 0 amide bonds. The van der Waals surface area contributed by atoms with Gasteiger partial charge in [0.25, 0.3) is 0 Å². The van der Waals surface area contributed by atoms with Crippen LogP contribution < -0.4 is 4.74 Å². The van der Waals surface area contributed by atoms with Gasteiger partial charge < -0.3 is 4.74 Å². The van der Waals surface area contributed by atoms with Crippen LogP contribution in [-0.4, -0.2) is 0 Å². The van der Waals surface area contributed by atoms with Gasteiger partial charge in [0, 0.05) is 10.9 Å². The molecule has 0 bridgehead atoms. The second-order valence-corrected chi connectivity index (χ2v) is 7.67. The summed E-state index contributed by atoms with van der Waals surface area (Å²) in [7, 11) is 0. The van der Waals surface area contributed by atoms with E-state index in [1.165, 1.54) is 16.7 Å². The summed E-state index contributed by atoms with van der Waals surface area (Å²) in [4.78, 5) is 0. The fraction of sp³-hybridized carbons (Fsp3) is 0.333. The van der Waals surface area contributed by atoms with Crippen molar-refractivity contribution in [2.75, 3.05) is 0 Å². The van der Waals surface area contributed by atoms with E-state index in [1.54, 1.807) is 0 Å². The quantitative estimate of drug-likeness (QED) is 0.508. The number of hydrogen-bond acceptors (Lipinski definition) is 1. The number of rotatable bonds is 3. The molecule has 0 saturated carbocycles. The zero-order valence-corrected chi connectivity index (χ0v) is 16.0. The summed E-state index contributed by atoms with van der Waals surface area (Å²) in [6.45, 7) is 8.73. The normalized spacial score (nSPS) is 11.5. The summed E-state index contributed by atoms with van der Waals surface area (Å²) in [6, 6.07) is 12.5. The molecule has 0 unspecified atom stereocenters. The highest BCUT2D eigenvalue weighted by molar-refractivity contribution is 9.10. The van der Waals surface area contributed by atoms with E-state index in [0.717, 1.165) is 21.3 Å². The molecule has 0 heterocycles. The lowest BCUT2D eigenvalue weighted by Crippen LogP contribution is -2.12. The molecular formula is C18H20Br2O. The number of halogens is 2. The highest BCUT2D eigenvalue weighted by Gasteiger charge is 2.20. The molecule has 0 aliphatic rings. The van der Waals surface area contributed by atoms with Crippen LogP contribution in [0.5, 0.6) is 11.5 Å². The highest BCUT2D eigenvalue weighted by Crippen LogP contribution is 2.37. The monoisotopic (exact) mass is 410 g/mol. The van der Waals surface area contributed by atoms with Crippen molar-refractivity contribution in [3.05, 3.63) is 57.6 Å². The summed E-state index contributed by atoms with van der Waals surface area (Å²) in [5, 5.41) is 0.837. The zero-order valence-electron chi connectivity index (χ0n) is 12.8. The summed E-state index contributed by atoms with van der Waals surface area (Å²) in [5.74, 6) is 1.76. The second kappa shape index (κ2) is 6.53. The molecule has 0 fully saturated rings. The van der Waals surface area contributed by atoms with Gasteiger partial charge in [-0.1, -0.05) is 60.5 Å². The van der Waals surface area contributed by atoms with Gasteiger partial charge in [-0.25, -0.2) is 0 Å². The van der Waals surface area contributed by atoms with Gasteiger partial charge in [0.2, 0.25) is 0 Å². The smallest absolute Gasteiger partial charge is 0.141 e. The van der Waals surface area contributed by atoms with Crippen LogP contribution in [-0.2, 0) is 10.7 Å². The first kappa shape index (κ1) is 16.6. The van der Waals surface area contributed by atoms with Gasteiger partial charge in [-0.05, 0) is 52.0 Å². The molecule has 0 aliphatic heterocycles. The van der Waals surface area contributed by atoms with Gasteiger partial charge in [-0.15, -0.1) is 0 Å². The van der Waals surface area contributed by atoms with Crippen LogP contribution in [0.1, 0.15) is 37.5 Å².